The van der Waals surface area contributed by atoms with Crippen molar-refractivity contribution in [2.75, 3.05) is 18.1 Å². The summed E-state index contributed by atoms with van der Waals surface area (Å²) in [6, 6.07) is 4.70. The van der Waals surface area contributed by atoms with Crippen LogP contribution in [-0.4, -0.2) is 28.2 Å². The average molecular weight is 247 g/mol. The Morgan fingerprint density at radius 2 is 2.06 bits per heavy atom. The molecule has 1 aliphatic rings. The molecule has 0 aliphatic carbocycles. The highest BCUT2D eigenvalue weighted by Gasteiger charge is 2.23. The first-order valence-electron chi connectivity index (χ1n) is 5.45. The van der Waals surface area contributed by atoms with Crippen molar-refractivity contribution in [3.63, 3.8) is 0 Å². The first kappa shape index (κ1) is 10.8. The van der Waals surface area contributed by atoms with Crippen LogP contribution in [0.4, 0.5) is 16.0 Å². The zero-order chi connectivity index (χ0) is 12.5. The maximum absolute atomic E-state index is 13.6. The SMILES string of the molecule is Oc1cnc(N2CCOc3c(F)cccc32)nc1. The number of benzene rings is 1. The van der Waals surface area contributed by atoms with Crippen molar-refractivity contribution < 1.29 is 14.2 Å². The lowest BCUT2D eigenvalue weighted by molar-refractivity contribution is 0.296. The first-order valence-corrected chi connectivity index (χ1v) is 5.45. The Labute approximate surface area is 102 Å². The van der Waals surface area contributed by atoms with Gasteiger partial charge in [0.05, 0.1) is 24.6 Å². The van der Waals surface area contributed by atoms with E-state index in [1.165, 1.54) is 18.5 Å². The summed E-state index contributed by atoms with van der Waals surface area (Å²) in [5.74, 6) is 0.200. The Hall–Kier alpha value is -2.37. The van der Waals surface area contributed by atoms with Gasteiger partial charge in [-0.3, -0.25) is 0 Å². The minimum atomic E-state index is -0.407. The van der Waals surface area contributed by atoms with Gasteiger partial charge in [-0.05, 0) is 12.1 Å². The number of ether oxygens (including phenoxy) is 1. The Morgan fingerprint density at radius 1 is 1.28 bits per heavy atom. The number of para-hydroxylation sites is 1. The molecule has 0 spiro atoms. The van der Waals surface area contributed by atoms with E-state index in [1.807, 2.05) is 0 Å². The third kappa shape index (κ3) is 1.71. The minimum Gasteiger partial charge on any atom is -0.505 e. The summed E-state index contributed by atoms with van der Waals surface area (Å²) in [5.41, 5.74) is 0.590. The van der Waals surface area contributed by atoms with Gasteiger partial charge >= 0.3 is 0 Å². The third-order valence-corrected chi connectivity index (χ3v) is 2.66. The Bertz CT molecular complexity index is 574. The molecule has 0 saturated carbocycles. The fourth-order valence-corrected chi connectivity index (χ4v) is 1.87. The molecule has 2 heterocycles. The molecule has 0 atom stereocenters. The molecule has 0 bridgehead atoms. The standard InChI is InChI=1S/C12H10FN3O2/c13-9-2-1-3-10-11(9)18-5-4-16(10)12-14-6-8(17)7-15-12/h1-3,6-7,17H,4-5H2. The number of aromatic nitrogens is 2. The van der Waals surface area contributed by atoms with Crippen LogP contribution >= 0.6 is 0 Å². The van der Waals surface area contributed by atoms with E-state index in [1.54, 1.807) is 17.0 Å². The summed E-state index contributed by atoms with van der Waals surface area (Å²) in [6.07, 6.45) is 2.60. The van der Waals surface area contributed by atoms with E-state index in [0.29, 0.717) is 24.8 Å². The molecular weight excluding hydrogens is 237 g/mol. The van der Waals surface area contributed by atoms with Crippen LogP contribution in [0.1, 0.15) is 0 Å². The maximum atomic E-state index is 13.6. The molecular formula is C12H10FN3O2. The van der Waals surface area contributed by atoms with Crippen molar-refractivity contribution in [1.29, 1.82) is 0 Å². The Balaban J connectivity index is 2.06. The fourth-order valence-electron chi connectivity index (χ4n) is 1.87. The average Bonchev–Trinajstić information content (AvgIpc) is 2.40. The van der Waals surface area contributed by atoms with Crippen LogP contribution in [0, 0.1) is 5.82 Å². The lowest BCUT2D eigenvalue weighted by atomic mass is 10.2. The van der Waals surface area contributed by atoms with Crippen molar-refractivity contribution in [2.24, 2.45) is 0 Å². The lowest BCUT2D eigenvalue weighted by Crippen LogP contribution is -2.30. The highest BCUT2D eigenvalue weighted by molar-refractivity contribution is 5.66. The van der Waals surface area contributed by atoms with Gasteiger partial charge in [-0.25, -0.2) is 14.4 Å². The normalized spacial score (nSPS) is 13.9. The van der Waals surface area contributed by atoms with E-state index in [2.05, 4.69) is 9.97 Å². The molecule has 1 aliphatic heterocycles. The van der Waals surface area contributed by atoms with E-state index >= 15 is 0 Å². The molecule has 2 aromatic rings. The summed E-state index contributed by atoms with van der Waals surface area (Å²) in [6.45, 7) is 0.888. The van der Waals surface area contributed by atoms with Gasteiger partial charge in [-0.2, -0.15) is 0 Å². The van der Waals surface area contributed by atoms with Crippen molar-refractivity contribution in [3.8, 4) is 11.5 Å². The molecule has 92 valence electrons. The molecule has 0 saturated heterocycles. The molecule has 0 radical (unpaired) electrons. The van der Waals surface area contributed by atoms with Gasteiger partial charge in [0.25, 0.3) is 0 Å². The number of rotatable bonds is 1. The summed E-state index contributed by atoms with van der Waals surface area (Å²) in [4.78, 5) is 9.79. The smallest absolute Gasteiger partial charge is 0.230 e. The second-order valence-corrected chi connectivity index (χ2v) is 3.83. The predicted octanol–water partition coefficient (Wildman–Crippen LogP) is 1.85. The van der Waals surface area contributed by atoms with Gasteiger partial charge < -0.3 is 14.7 Å². The first-order chi connectivity index (χ1) is 8.75. The predicted molar refractivity (Wildman–Crippen MR) is 62.6 cm³/mol. The number of aromatic hydroxyl groups is 1. The zero-order valence-electron chi connectivity index (χ0n) is 9.38. The van der Waals surface area contributed by atoms with Crippen LogP contribution in [0.25, 0.3) is 0 Å². The summed E-state index contributed by atoms with van der Waals surface area (Å²) in [5, 5.41) is 9.17. The monoisotopic (exact) mass is 247 g/mol. The fraction of sp³-hybridized carbons (Fsp3) is 0.167. The number of fused-ring (bicyclic) bond motifs is 1. The van der Waals surface area contributed by atoms with Gasteiger partial charge in [-0.15, -0.1) is 0 Å². The van der Waals surface area contributed by atoms with Crippen LogP contribution in [-0.2, 0) is 0 Å². The molecule has 1 N–H and O–H groups in total. The number of anilines is 2. The van der Waals surface area contributed by atoms with Crippen LogP contribution in [0.15, 0.2) is 30.6 Å². The molecule has 6 heteroatoms. The van der Waals surface area contributed by atoms with Crippen molar-refractivity contribution in [3.05, 3.63) is 36.4 Å². The molecule has 0 amide bonds. The van der Waals surface area contributed by atoms with E-state index in [4.69, 9.17) is 9.84 Å². The lowest BCUT2D eigenvalue weighted by Gasteiger charge is -2.29. The van der Waals surface area contributed by atoms with Crippen LogP contribution in [0.5, 0.6) is 11.5 Å². The molecule has 1 aromatic heterocycles. The van der Waals surface area contributed by atoms with Gasteiger partial charge in [0.15, 0.2) is 17.3 Å². The zero-order valence-corrected chi connectivity index (χ0v) is 9.38. The minimum absolute atomic E-state index is 0.00789. The molecule has 0 fully saturated rings. The summed E-state index contributed by atoms with van der Waals surface area (Å²) in [7, 11) is 0. The molecule has 5 nitrogen and oxygen atoms in total. The molecule has 1 aromatic carbocycles. The van der Waals surface area contributed by atoms with Crippen molar-refractivity contribution in [2.45, 2.75) is 0 Å². The molecule has 0 unspecified atom stereocenters. The molecule has 18 heavy (non-hydrogen) atoms. The number of hydrogen-bond donors (Lipinski definition) is 1. The van der Waals surface area contributed by atoms with E-state index in [9.17, 15) is 4.39 Å². The third-order valence-electron chi connectivity index (χ3n) is 2.66. The van der Waals surface area contributed by atoms with E-state index in [-0.39, 0.29) is 11.5 Å². The summed E-state index contributed by atoms with van der Waals surface area (Å²) < 4.78 is 18.9. The second kappa shape index (κ2) is 4.14. The van der Waals surface area contributed by atoms with Gasteiger partial charge in [-0.1, -0.05) is 6.07 Å². The Kier molecular flexibility index (Phi) is 2.47. The maximum Gasteiger partial charge on any atom is 0.230 e. The highest BCUT2D eigenvalue weighted by atomic mass is 19.1. The number of halogens is 1. The van der Waals surface area contributed by atoms with E-state index in [0.717, 1.165) is 0 Å². The van der Waals surface area contributed by atoms with Crippen LogP contribution in [0.2, 0.25) is 0 Å². The van der Waals surface area contributed by atoms with Crippen molar-refractivity contribution >= 4 is 11.6 Å². The topological polar surface area (TPSA) is 58.5 Å². The highest BCUT2D eigenvalue weighted by Crippen LogP contribution is 2.36. The molecule has 3 rings (SSSR count). The quantitative estimate of drug-likeness (QED) is 0.833. The Morgan fingerprint density at radius 3 is 2.83 bits per heavy atom. The second-order valence-electron chi connectivity index (χ2n) is 3.83. The number of hydrogen-bond acceptors (Lipinski definition) is 5. The number of nitrogens with zero attached hydrogens (tertiary/aromatic N) is 3. The van der Waals surface area contributed by atoms with Crippen LogP contribution in [0.3, 0.4) is 0 Å². The van der Waals surface area contributed by atoms with Gasteiger partial charge in [0.2, 0.25) is 5.95 Å². The summed E-state index contributed by atoms with van der Waals surface area (Å²) >= 11 is 0. The largest absolute Gasteiger partial charge is 0.505 e. The van der Waals surface area contributed by atoms with Gasteiger partial charge in [0, 0.05) is 0 Å². The van der Waals surface area contributed by atoms with Crippen molar-refractivity contribution in [1.82, 2.24) is 9.97 Å². The van der Waals surface area contributed by atoms with Gasteiger partial charge in [0.1, 0.15) is 6.61 Å². The van der Waals surface area contributed by atoms with Crippen LogP contribution < -0.4 is 9.64 Å². The van der Waals surface area contributed by atoms with E-state index < -0.39 is 5.82 Å².